The standard InChI is InChI=1S/C22H20ClN3O3S/c23-15-3-9-19(10-4-15)29-13-21-25-17(14-30-21)12-20(27)24-16-5-7-18(8-6-16)26-11-1-2-22(26)28/h3-10,14H,1-2,11-13H2,(H,24,27). The summed E-state index contributed by atoms with van der Waals surface area (Å²) < 4.78 is 5.68. The van der Waals surface area contributed by atoms with E-state index in [9.17, 15) is 9.59 Å². The lowest BCUT2D eigenvalue weighted by Crippen LogP contribution is -2.23. The highest BCUT2D eigenvalue weighted by Crippen LogP contribution is 2.23. The van der Waals surface area contributed by atoms with Gasteiger partial charge in [-0.3, -0.25) is 9.59 Å². The number of aromatic nitrogens is 1. The van der Waals surface area contributed by atoms with Crippen LogP contribution in [-0.2, 0) is 22.6 Å². The van der Waals surface area contributed by atoms with Gasteiger partial charge in [0.05, 0.1) is 12.1 Å². The Bertz CT molecular complexity index is 1030. The molecular formula is C22H20ClN3O3S. The number of ether oxygens (including phenoxy) is 1. The second-order valence-corrected chi connectivity index (χ2v) is 8.28. The molecule has 2 aromatic carbocycles. The van der Waals surface area contributed by atoms with Crippen molar-refractivity contribution >= 4 is 46.1 Å². The monoisotopic (exact) mass is 441 g/mol. The van der Waals surface area contributed by atoms with Crippen molar-refractivity contribution in [3.05, 3.63) is 69.6 Å². The van der Waals surface area contributed by atoms with Crippen molar-refractivity contribution in [1.29, 1.82) is 0 Å². The van der Waals surface area contributed by atoms with Crippen molar-refractivity contribution in [2.24, 2.45) is 0 Å². The van der Waals surface area contributed by atoms with Crippen molar-refractivity contribution in [2.45, 2.75) is 25.9 Å². The van der Waals surface area contributed by atoms with Crippen LogP contribution in [0.3, 0.4) is 0 Å². The number of hydrogen-bond donors (Lipinski definition) is 1. The molecular weight excluding hydrogens is 422 g/mol. The first-order chi connectivity index (χ1) is 14.6. The number of hydrogen-bond acceptors (Lipinski definition) is 5. The Balaban J connectivity index is 1.28. The fourth-order valence-electron chi connectivity index (χ4n) is 3.19. The van der Waals surface area contributed by atoms with E-state index in [1.807, 2.05) is 29.6 Å². The number of carbonyl (C=O) groups is 2. The summed E-state index contributed by atoms with van der Waals surface area (Å²) in [5.74, 6) is 0.717. The van der Waals surface area contributed by atoms with Crippen LogP contribution in [0.15, 0.2) is 53.9 Å². The van der Waals surface area contributed by atoms with Gasteiger partial charge in [-0.1, -0.05) is 11.6 Å². The highest BCUT2D eigenvalue weighted by molar-refractivity contribution is 7.09. The quantitative estimate of drug-likeness (QED) is 0.577. The third kappa shape index (κ3) is 5.17. The summed E-state index contributed by atoms with van der Waals surface area (Å²) >= 11 is 7.32. The molecule has 6 nitrogen and oxygen atoms in total. The topological polar surface area (TPSA) is 71.5 Å². The number of thiazole rings is 1. The molecule has 0 spiro atoms. The minimum Gasteiger partial charge on any atom is -0.486 e. The van der Waals surface area contributed by atoms with Gasteiger partial charge in [-0.05, 0) is 55.0 Å². The van der Waals surface area contributed by atoms with Crippen LogP contribution in [0.1, 0.15) is 23.5 Å². The average Bonchev–Trinajstić information content (AvgIpc) is 3.37. The van der Waals surface area contributed by atoms with E-state index in [-0.39, 0.29) is 18.2 Å². The summed E-state index contributed by atoms with van der Waals surface area (Å²) in [4.78, 5) is 30.4. The Labute approximate surface area is 183 Å². The van der Waals surface area contributed by atoms with Gasteiger partial charge in [-0.15, -0.1) is 11.3 Å². The highest BCUT2D eigenvalue weighted by atomic mass is 35.5. The molecule has 2 heterocycles. The van der Waals surface area contributed by atoms with Crippen LogP contribution in [-0.4, -0.2) is 23.3 Å². The van der Waals surface area contributed by atoms with E-state index in [0.717, 1.165) is 23.7 Å². The Morgan fingerprint density at radius 2 is 1.93 bits per heavy atom. The maximum atomic E-state index is 12.3. The summed E-state index contributed by atoms with van der Waals surface area (Å²) in [6.07, 6.45) is 1.67. The number of nitrogens with zero attached hydrogens (tertiary/aromatic N) is 2. The largest absolute Gasteiger partial charge is 0.486 e. The van der Waals surface area contributed by atoms with E-state index < -0.39 is 0 Å². The van der Waals surface area contributed by atoms with E-state index in [1.54, 1.807) is 29.2 Å². The Morgan fingerprint density at radius 3 is 2.63 bits per heavy atom. The molecule has 0 atom stereocenters. The molecule has 0 aliphatic carbocycles. The van der Waals surface area contributed by atoms with Crippen LogP contribution in [0, 0.1) is 0 Å². The van der Waals surface area contributed by atoms with Gasteiger partial charge in [0.2, 0.25) is 11.8 Å². The Kier molecular flexibility index (Phi) is 6.30. The van der Waals surface area contributed by atoms with E-state index in [4.69, 9.17) is 16.3 Å². The average molecular weight is 442 g/mol. The second kappa shape index (κ2) is 9.28. The maximum absolute atomic E-state index is 12.3. The lowest BCUT2D eigenvalue weighted by atomic mass is 10.2. The van der Waals surface area contributed by atoms with E-state index in [0.29, 0.717) is 35.2 Å². The molecule has 154 valence electrons. The van der Waals surface area contributed by atoms with Gasteiger partial charge in [-0.2, -0.15) is 0 Å². The zero-order valence-electron chi connectivity index (χ0n) is 16.1. The zero-order chi connectivity index (χ0) is 20.9. The van der Waals surface area contributed by atoms with Crippen LogP contribution < -0.4 is 15.0 Å². The van der Waals surface area contributed by atoms with Crippen molar-refractivity contribution in [2.75, 3.05) is 16.8 Å². The Morgan fingerprint density at radius 1 is 1.17 bits per heavy atom. The van der Waals surface area contributed by atoms with Gasteiger partial charge in [0.15, 0.2) is 0 Å². The van der Waals surface area contributed by atoms with Gasteiger partial charge < -0.3 is 15.0 Å². The number of anilines is 2. The first-order valence-corrected chi connectivity index (χ1v) is 10.8. The zero-order valence-corrected chi connectivity index (χ0v) is 17.7. The van der Waals surface area contributed by atoms with Crippen LogP contribution in [0.5, 0.6) is 5.75 Å². The predicted octanol–water partition coefficient (Wildman–Crippen LogP) is 4.68. The van der Waals surface area contributed by atoms with Gasteiger partial charge in [0.25, 0.3) is 0 Å². The molecule has 0 radical (unpaired) electrons. The molecule has 1 N–H and O–H groups in total. The summed E-state index contributed by atoms with van der Waals surface area (Å²) in [5.41, 5.74) is 2.25. The van der Waals surface area contributed by atoms with Crippen molar-refractivity contribution < 1.29 is 14.3 Å². The van der Waals surface area contributed by atoms with Crippen molar-refractivity contribution in [1.82, 2.24) is 4.98 Å². The number of halogens is 1. The number of amides is 2. The van der Waals surface area contributed by atoms with Crippen molar-refractivity contribution in [3.63, 3.8) is 0 Å². The van der Waals surface area contributed by atoms with Crippen LogP contribution in [0.25, 0.3) is 0 Å². The molecule has 1 saturated heterocycles. The van der Waals surface area contributed by atoms with E-state index in [1.165, 1.54) is 11.3 Å². The minimum atomic E-state index is -0.143. The molecule has 1 fully saturated rings. The molecule has 2 amide bonds. The summed E-state index contributed by atoms with van der Waals surface area (Å²) in [6, 6.07) is 14.5. The first-order valence-electron chi connectivity index (χ1n) is 9.59. The molecule has 3 aromatic rings. The van der Waals surface area contributed by atoms with Gasteiger partial charge in [0.1, 0.15) is 17.4 Å². The van der Waals surface area contributed by atoms with Crippen LogP contribution in [0.2, 0.25) is 5.02 Å². The lowest BCUT2D eigenvalue weighted by molar-refractivity contribution is -0.117. The highest BCUT2D eigenvalue weighted by Gasteiger charge is 2.21. The van der Waals surface area contributed by atoms with Gasteiger partial charge in [-0.25, -0.2) is 4.98 Å². The molecule has 4 rings (SSSR count). The molecule has 1 aliphatic heterocycles. The molecule has 0 unspecified atom stereocenters. The third-order valence-corrected chi connectivity index (χ3v) is 5.78. The SMILES string of the molecule is O=C(Cc1csc(COc2ccc(Cl)cc2)n1)Nc1ccc(N2CCCC2=O)cc1. The second-order valence-electron chi connectivity index (χ2n) is 6.90. The van der Waals surface area contributed by atoms with E-state index >= 15 is 0 Å². The summed E-state index contributed by atoms with van der Waals surface area (Å²) in [6.45, 7) is 1.09. The molecule has 8 heteroatoms. The molecule has 0 bridgehead atoms. The fourth-order valence-corrected chi connectivity index (χ4v) is 4.02. The lowest BCUT2D eigenvalue weighted by Gasteiger charge is -2.16. The number of nitrogens with one attached hydrogen (secondary N) is 1. The minimum absolute atomic E-state index is 0.143. The first kappa shape index (κ1) is 20.4. The number of benzene rings is 2. The summed E-state index contributed by atoms with van der Waals surface area (Å²) in [7, 11) is 0. The van der Waals surface area contributed by atoms with Gasteiger partial charge in [0, 0.05) is 34.7 Å². The molecule has 1 aliphatic rings. The summed E-state index contributed by atoms with van der Waals surface area (Å²) in [5, 5.41) is 6.19. The number of rotatable bonds is 7. The smallest absolute Gasteiger partial charge is 0.230 e. The van der Waals surface area contributed by atoms with Crippen LogP contribution >= 0.6 is 22.9 Å². The number of carbonyl (C=O) groups excluding carboxylic acids is 2. The maximum Gasteiger partial charge on any atom is 0.230 e. The van der Waals surface area contributed by atoms with Crippen molar-refractivity contribution in [3.8, 4) is 5.75 Å². The fraction of sp³-hybridized carbons (Fsp3) is 0.227. The van der Waals surface area contributed by atoms with E-state index in [2.05, 4.69) is 10.3 Å². The van der Waals surface area contributed by atoms with Gasteiger partial charge >= 0.3 is 0 Å². The normalized spacial score (nSPS) is 13.5. The predicted molar refractivity (Wildman–Crippen MR) is 118 cm³/mol. The Hall–Kier alpha value is -2.90. The third-order valence-electron chi connectivity index (χ3n) is 4.65. The molecule has 30 heavy (non-hydrogen) atoms. The molecule has 1 aromatic heterocycles. The molecule has 0 saturated carbocycles. The van der Waals surface area contributed by atoms with Crippen LogP contribution in [0.4, 0.5) is 11.4 Å².